The van der Waals surface area contributed by atoms with Gasteiger partial charge in [0.05, 0.1) is 0 Å². The zero-order chi connectivity index (χ0) is 8.97. The summed E-state index contributed by atoms with van der Waals surface area (Å²) < 4.78 is 0. The van der Waals surface area contributed by atoms with Crippen molar-refractivity contribution >= 4 is 11.8 Å². The van der Waals surface area contributed by atoms with E-state index < -0.39 is 0 Å². The van der Waals surface area contributed by atoms with Crippen LogP contribution in [0.2, 0.25) is 0 Å². The van der Waals surface area contributed by atoms with Crippen molar-refractivity contribution in [2.45, 2.75) is 6.92 Å². The molecule has 0 bridgehead atoms. The van der Waals surface area contributed by atoms with E-state index >= 15 is 0 Å². The first kappa shape index (κ1) is 8.53. The van der Waals surface area contributed by atoms with Crippen molar-refractivity contribution in [3.05, 3.63) is 41.6 Å². The Morgan fingerprint density at radius 2 is 1.92 bits per heavy atom. The van der Waals surface area contributed by atoms with Crippen LogP contribution in [0.15, 0.2) is 36.0 Å². The molecule has 0 heterocycles. The Labute approximate surface area is 72.2 Å². The second-order valence-electron chi connectivity index (χ2n) is 2.61. The lowest BCUT2D eigenvalue weighted by Crippen LogP contribution is -1.98. The summed E-state index contributed by atoms with van der Waals surface area (Å²) in [4.78, 5) is 0. The van der Waals surface area contributed by atoms with Crippen molar-refractivity contribution in [3.63, 3.8) is 0 Å². The summed E-state index contributed by atoms with van der Waals surface area (Å²) in [6, 6.07) is 9.69. The maximum absolute atomic E-state index is 7.16. The van der Waals surface area contributed by atoms with E-state index in [1.54, 1.807) is 6.92 Å². The van der Waals surface area contributed by atoms with Gasteiger partial charge in [0, 0.05) is 17.5 Å². The van der Waals surface area contributed by atoms with Crippen molar-refractivity contribution in [1.82, 2.24) is 0 Å². The summed E-state index contributed by atoms with van der Waals surface area (Å²) in [7, 11) is 0. The SMILES string of the molecule is C/C(N)=C(\C=N)c1ccccc1. The molecule has 3 N–H and O–H groups in total. The van der Waals surface area contributed by atoms with Gasteiger partial charge in [-0.05, 0) is 12.5 Å². The lowest BCUT2D eigenvalue weighted by atomic mass is 10.1. The summed E-state index contributed by atoms with van der Waals surface area (Å²) in [5.74, 6) is 0. The third kappa shape index (κ3) is 1.72. The number of nitrogens with one attached hydrogen (secondary N) is 1. The molecule has 0 aromatic heterocycles. The first-order valence-corrected chi connectivity index (χ1v) is 3.78. The molecule has 0 fully saturated rings. The van der Waals surface area contributed by atoms with Gasteiger partial charge in [-0.25, -0.2) is 0 Å². The highest BCUT2D eigenvalue weighted by molar-refractivity contribution is 6.09. The molecule has 2 heteroatoms. The number of rotatable bonds is 2. The lowest BCUT2D eigenvalue weighted by Gasteiger charge is -2.02. The predicted molar refractivity (Wildman–Crippen MR) is 52.0 cm³/mol. The molecule has 1 aromatic carbocycles. The van der Waals surface area contributed by atoms with Gasteiger partial charge in [0.1, 0.15) is 0 Å². The second kappa shape index (κ2) is 3.72. The van der Waals surface area contributed by atoms with Gasteiger partial charge < -0.3 is 11.1 Å². The van der Waals surface area contributed by atoms with Crippen LogP contribution in [0.3, 0.4) is 0 Å². The standard InChI is InChI=1S/C10H12N2/c1-8(12)10(7-11)9-5-3-2-4-6-9/h2-7,11H,12H2,1H3/b10-8-,11-7?. The number of hydrogen-bond acceptors (Lipinski definition) is 2. The Kier molecular flexibility index (Phi) is 2.64. The van der Waals surface area contributed by atoms with Crippen LogP contribution in [0, 0.1) is 5.41 Å². The Morgan fingerprint density at radius 3 is 2.33 bits per heavy atom. The van der Waals surface area contributed by atoms with Crippen molar-refractivity contribution in [2.75, 3.05) is 0 Å². The first-order chi connectivity index (χ1) is 5.75. The van der Waals surface area contributed by atoms with Crippen LogP contribution in [0.25, 0.3) is 5.57 Å². The van der Waals surface area contributed by atoms with Crippen molar-refractivity contribution in [1.29, 1.82) is 5.41 Å². The maximum atomic E-state index is 7.16. The van der Waals surface area contributed by atoms with Gasteiger partial charge in [-0.1, -0.05) is 30.3 Å². The molecule has 12 heavy (non-hydrogen) atoms. The molecule has 0 amide bonds. The fourth-order valence-electron chi connectivity index (χ4n) is 1.04. The zero-order valence-corrected chi connectivity index (χ0v) is 7.04. The quantitative estimate of drug-likeness (QED) is 0.639. The van der Waals surface area contributed by atoms with Gasteiger partial charge in [-0.15, -0.1) is 0 Å². The molecule has 0 aliphatic rings. The van der Waals surface area contributed by atoms with Crippen molar-refractivity contribution in [2.24, 2.45) is 5.73 Å². The molecular weight excluding hydrogens is 148 g/mol. The van der Waals surface area contributed by atoms with Gasteiger partial charge >= 0.3 is 0 Å². The average molecular weight is 160 g/mol. The van der Waals surface area contributed by atoms with Crippen molar-refractivity contribution < 1.29 is 0 Å². The fraction of sp³-hybridized carbons (Fsp3) is 0.100. The Bertz CT molecular complexity index is 295. The number of allylic oxidation sites excluding steroid dienone is 2. The minimum absolute atomic E-state index is 0.677. The topological polar surface area (TPSA) is 49.9 Å². The van der Waals surface area contributed by atoms with E-state index in [0.717, 1.165) is 11.1 Å². The Morgan fingerprint density at radius 1 is 1.33 bits per heavy atom. The van der Waals surface area contributed by atoms with E-state index in [2.05, 4.69) is 0 Å². The Balaban J connectivity index is 3.14. The summed E-state index contributed by atoms with van der Waals surface area (Å²) >= 11 is 0. The van der Waals surface area contributed by atoms with Gasteiger partial charge in [0.15, 0.2) is 0 Å². The van der Waals surface area contributed by atoms with Crippen LogP contribution in [0.1, 0.15) is 12.5 Å². The maximum Gasteiger partial charge on any atom is 0.0273 e. The van der Waals surface area contributed by atoms with E-state index in [0.29, 0.717) is 5.70 Å². The smallest absolute Gasteiger partial charge is 0.0273 e. The lowest BCUT2D eigenvalue weighted by molar-refractivity contribution is 1.33. The summed E-state index contributed by atoms with van der Waals surface area (Å²) in [5.41, 5.74) is 8.07. The number of benzene rings is 1. The third-order valence-corrected chi connectivity index (χ3v) is 1.65. The number of nitrogens with two attached hydrogens (primary N) is 1. The highest BCUT2D eigenvalue weighted by Gasteiger charge is 1.98. The van der Waals surface area contributed by atoms with Crippen LogP contribution in [0.4, 0.5) is 0 Å². The molecule has 0 radical (unpaired) electrons. The largest absolute Gasteiger partial charge is 0.402 e. The molecule has 2 nitrogen and oxygen atoms in total. The van der Waals surface area contributed by atoms with E-state index in [4.69, 9.17) is 11.1 Å². The van der Waals surface area contributed by atoms with Crippen LogP contribution in [0.5, 0.6) is 0 Å². The molecule has 0 aliphatic carbocycles. The molecular formula is C10H12N2. The van der Waals surface area contributed by atoms with E-state index in [1.807, 2.05) is 30.3 Å². The molecule has 0 aliphatic heterocycles. The minimum atomic E-state index is 0.677. The van der Waals surface area contributed by atoms with Crippen molar-refractivity contribution in [3.8, 4) is 0 Å². The number of hydrogen-bond donors (Lipinski definition) is 2. The normalized spacial score (nSPS) is 12.1. The first-order valence-electron chi connectivity index (χ1n) is 3.78. The average Bonchev–Trinajstić information content (AvgIpc) is 2.07. The highest BCUT2D eigenvalue weighted by Crippen LogP contribution is 2.12. The summed E-state index contributed by atoms with van der Waals surface area (Å²) in [6.07, 6.45) is 1.28. The minimum Gasteiger partial charge on any atom is -0.402 e. The molecule has 0 atom stereocenters. The molecule has 0 spiro atoms. The van der Waals surface area contributed by atoms with Gasteiger partial charge in [-0.3, -0.25) is 0 Å². The third-order valence-electron chi connectivity index (χ3n) is 1.65. The molecule has 1 aromatic rings. The molecule has 1 rings (SSSR count). The predicted octanol–water partition coefficient (Wildman–Crippen LogP) is 2.03. The van der Waals surface area contributed by atoms with Gasteiger partial charge in [-0.2, -0.15) is 0 Å². The highest BCUT2D eigenvalue weighted by atomic mass is 14.6. The Hall–Kier alpha value is -1.57. The zero-order valence-electron chi connectivity index (χ0n) is 7.04. The van der Waals surface area contributed by atoms with Crippen LogP contribution >= 0.6 is 0 Å². The molecule has 0 saturated carbocycles. The summed E-state index contributed by atoms with van der Waals surface area (Å²) in [5, 5.41) is 7.16. The van der Waals surface area contributed by atoms with Gasteiger partial charge in [0.25, 0.3) is 0 Å². The van der Waals surface area contributed by atoms with E-state index in [9.17, 15) is 0 Å². The second-order valence-corrected chi connectivity index (χ2v) is 2.61. The van der Waals surface area contributed by atoms with E-state index in [1.165, 1.54) is 6.21 Å². The van der Waals surface area contributed by atoms with Crippen LogP contribution in [-0.2, 0) is 0 Å². The summed E-state index contributed by atoms with van der Waals surface area (Å²) in [6.45, 7) is 1.80. The molecule has 0 saturated heterocycles. The van der Waals surface area contributed by atoms with Crippen LogP contribution < -0.4 is 5.73 Å². The molecule has 62 valence electrons. The molecule has 0 unspecified atom stereocenters. The van der Waals surface area contributed by atoms with Gasteiger partial charge in [0.2, 0.25) is 0 Å². The fourth-order valence-corrected chi connectivity index (χ4v) is 1.04. The monoisotopic (exact) mass is 160 g/mol. The van der Waals surface area contributed by atoms with E-state index in [-0.39, 0.29) is 0 Å². The van der Waals surface area contributed by atoms with Crippen LogP contribution in [-0.4, -0.2) is 6.21 Å².